The van der Waals surface area contributed by atoms with Gasteiger partial charge in [0, 0.05) is 19.3 Å². The molecule has 0 spiro atoms. The van der Waals surface area contributed by atoms with Crippen LogP contribution in [0.25, 0.3) is 0 Å². The summed E-state index contributed by atoms with van der Waals surface area (Å²) in [5.41, 5.74) is 0. The van der Waals surface area contributed by atoms with E-state index >= 15 is 0 Å². The number of carbonyl (C=O) groups excluding carboxylic acids is 3. The molecule has 1 fully saturated rings. The van der Waals surface area contributed by atoms with Crippen molar-refractivity contribution in [2.24, 2.45) is 0 Å². The van der Waals surface area contributed by atoms with Crippen molar-refractivity contribution in [3.05, 3.63) is 48.6 Å². The van der Waals surface area contributed by atoms with Gasteiger partial charge in [-0.1, -0.05) is 230 Å². The van der Waals surface area contributed by atoms with Gasteiger partial charge in [0.25, 0.3) is 0 Å². The fourth-order valence-electron chi connectivity index (χ4n) is 9.20. The molecule has 3 N–H and O–H groups in total. The summed E-state index contributed by atoms with van der Waals surface area (Å²) in [7, 11) is 0. The highest BCUT2D eigenvalue weighted by Gasteiger charge is 2.50. The zero-order valence-corrected chi connectivity index (χ0v) is 47.8. The average molecular weight is 1060 g/mol. The molecule has 1 rings (SSSR count). The molecule has 0 aromatic carbocycles. The van der Waals surface area contributed by atoms with Gasteiger partial charge in [0.1, 0.15) is 18.8 Å². The molecule has 1 aliphatic heterocycles. The summed E-state index contributed by atoms with van der Waals surface area (Å²) in [4.78, 5) is 51.1. The van der Waals surface area contributed by atoms with E-state index in [0.29, 0.717) is 19.3 Å². The van der Waals surface area contributed by atoms with Gasteiger partial charge in [-0.3, -0.25) is 14.4 Å². The quantitative estimate of drug-likeness (QED) is 0.0228. The Kier molecular flexibility index (Phi) is 47.8. The first-order chi connectivity index (χ1) is 36.6. The number of carboxylic acids is 1. The van der Waals surface area contributed by atoms with Crippen molar-refractivity contribution < 1.29 is 58.2 Å². The molecular weight excluding hydrogens is 949 g/mol. The third-order valence-corrected chi connectivity index (χ3v) is 13.9. The van der Waals surface area contributed by atoms with E-state index in [1.165, 1.54) is 116 Å². The van der Waals surface area contributed by atoms with Crippen LogP contribution in [0, 0.1) is 0 Å². The molecule has 75 heavy (non-hydrogen) atoms. The second kappa shape index (κ2) is 51.4. The van der Waals surface area contributed by atoms with E-state index in [9.17, 15) is 34.5 Å². The Morgan fingerprint density at radius 2 is 0.840 bits per heavy atom. The van der Waals surface area contributed by atoms with Gasteiger partial charge < -0.3 is 39.0 Å². The minimum Gasteiger partial charge on any atom is -0.479 e. The lowest BCUT2D eigenvalue weighted by Crippen LogP contribution is -2.61. The highest BCUT2D eigenvalue weighted by Crippen LogP contribution is 2.27. The predicted molar refractivity (Wildman–Crippen MR) is 303 cm³/mol. The molecule has 1 saturated heterocycles. The van der Waals surface area contributed by atoms with Crippen molar-refractivity contribution in [1.29, 1.82) is 0 Å². The molecule has 0 saturated carbocycles. The third kappa shape index (κ3) is 41.5. The van der Waals surface area contributed by atoms with E-state index < -0.39 is 67.3 Å². The Morgan fingerprint density at radius 3 is 1.31 bits per heavy atom. The normalized spacial score (nSPS) is 18.4. The number of aliphatic carboxylic acids is 1. The van der Waals surface area contributed by atoms with Crippen LogP contribution < -0.4 is 0 Å². The molecule has 0 aromatic rings. The van der Waals surface area contributed by atoms with Crippen molar-refractivity contribution >= 4 is 23.9 Å². The maximum atomic E-state index is 13.1. The molecule has 0 aliphatic carbocycles. The molecule has 0 bridgehead atoms. The fourth-order valence-corrected chi connectivity index (χ4v) is 9.20. The lowest BCUT2D eigenvalue weighted by molar-refractivity contribution is -0.301. The van der Waals surface area contributed by atoms with Crippen LogP contribution in [0.15, 0.2) is 48.6 Å². The maximum absolute atomic E-state index is 13.1. The SMILES string of the molecule is CC/C=C\C/C=C\C/C=C\CCCCCC(=O)OC(COC(=O)CCCCCCC/C=C\CCCCCCCC)COC1OC(C(=O)O)C(O)C(O)C1OC(=O)CCCCCCCCCCCCCCCCCCC. The number of aliphatic hydroxyl groups is 2. The van der Waals surface area contributed by atoms with Crippen LogP contribution in [0.3, 0.4) is 0 Å². The summed E-state index contributed by atoms with van der Waals surface area (Å²) in [5.74, 6) is -3.15. The number of hydrogen-bond donors (Lipinski definition) is 3. The van der Waals surface area contributed by atoms with Crippen LogP contribution in [0.4, 0.5) is 0 Å². The van der Waals surface area contributed by atoms with Crippen molar-refractivity contribution in [3.8, 4) is 0 Å². The van der Waals surface area contributed by atoms with Gasteiger partial charge >= 0.3 is 23.9 Å². The molecule has 0 amide bonds. The number of unbranched alkanes of at least 4 members (excludes halogenated alkanes) is 30. The molecule has 6 unspecified atom stereocenters. The molecule has 1 aliphatic rings. The lowest BCUT2D eigenvalue weighted by atomic mass is 9.98. The van der Waals surface area contributed by atoms with E-state index in [0.717, 1.165) is 103 Å². The molecule has 0 aromatic heterocycles. The zero-order chi connectivity index (χ0) is 54.7. The Morgan fingerprint density at radius 1 is 0.453 bits per heavy atom. The number of carbonyl (C=O) groups is 4. The van der Waals surface area contributed by atoms with Gasteiger partial charge in [-0.2, -0.15) is 0 Å². The first-order valence-corrected chi connectivity index (χ1v) is 30.6. The number of allylic oxidation sites excluding steroid dienone is 8. The monoisotopic (exact) mass is 1060 g/mol. The summed E-state index contributed by atoms with van der Waals surface area (Å²) < 4.78 is 28.4. The van der Waals surface area contributed by atoms with Gasteiger partial charge in [-0.05, 0) is 77.0 Å². The Bertz CT molecular complexity index is 1490. The highest BCUT2D eigenvalue weighted by molar-refractivity contribution is 5.74. The topological polar surface area (TPSA) is 175 Å². The van der Waals surface area contributed by atoms with Gasteiger partial charge in [-0.25, -0.2) is 4.79 Å². The number of ether oxygens (including phenoxy) is 5. The second-order valence-corrected chi connectivity index (χ2v) is 21.0. The Balaban J connectivity index is 2.68. The number of carboxylic acid groups (broad SMARTS) is 1. The van der Waals surface area contributed by atoms with E-state index in [4.69, 9.17) is 23.7 Å². The van der Waals surface area contributed by atoms with Crippen molar-refractivity contribution in [2.45, 2.75) is 314 Å². The number of hydrogen-bond acceptors (Lipinski definition) is 11. The summed E-state index contributed by atoms with van der Waals surface area (Å²) in [6.45, 7) is 5.87. The van der Waals surface area contributed by atoms with Gasteiger partial charge in [-0.15, -0.1) is 0 Å². The molecule has 434 valence electrons. The van der Waals surface area contributed by atoms with Gasteiger partial charge in [0.05, 0.1) is 6.61 Å². The van der Waals surface area contributed by atoms with E-state index in [-0.39, 0.29) is 25.9 Å². The molecule has 12 nitrogen and oxygen atoms in total. The largest absolute Gasteiger partial charge is 0.479 e. The standard InChI is InChI=1S/C63H110O12/c1-4-7-10-13-16-19-22-25-27-28-30-33-36-39-42-45-48-51-57(66)74-61-59(68)58(67)60(62(69)70)75-63(61)72-53-54(73-56(65)50-47-44-41-38-35-31-24-21-18-15-12-9-6-3)52-71-55(64)49-46-43-40-37-34-32-29-26-23-20-17-14-11-8-5-2/h9,12,18,21,26,29,31,35,54,58-61,63,67-68H,4-8,10-11,13-17,19-20,22-25,27-28,30,32-34,36-53H2,1-3H3,(H,69,70)/b12-9-,21-18-,29-26-,35-31-. The third-order valence-electron chi connectivity index (χ3n) is 13.9. The molecule has 6 atom stereocenters. The van der Waals surface area contributed by atoms with Crippen molar-refractivity contribution in [1.82, 2.24) is 0 Å². The van der Waals surface area contributed by atoms with Crippen LogP contribution in [-0.2, 0) is 42.9 Å². The van der Waals surface area contributed by atoms with Crippen molar-refractivity contribution in [3.63, 3.8) is 0 Å². The molecular formula is C63H110O12. The highest BCUT2D eigenvalue weighted by atomic mass is 16.7. The van der Waals surface area contributed by atoms with Crippen LogP contribution in [0.2, 0.25) is 0 Å². The molecule has 12 heteroatoms. The van der Waals surface area contributed by atoms with Gasteiger partial charge in [0.15, 0.2) is 24.6 Å². The first kappa shape index (κ1) is 69.7. The van der Waals surface area contributed by atoms with Gasteiger partial charge in [0.2, 0.25) is 0 Å². The Hall–Kier alpha value is -3.32. The molecule has 0 radical (unpaired) electrons. The molecule has 1 heterocycles. The fraction of sp³-hybridized carbons (Fsp3) is 0.810. The van der Waals surface area contributed by atoms with E-state index in [1.54, 1.807) is 0 Å². The first-order valence-electron chi connectivity index (χ1n) is 30.6. The predicted octanol–water partition coefficient (Wildman–Crippen LogP) is 15.8. The van der Waals surface area contributed by atoms with Crippen LogP contribution in [-0.4, -0.2) is 89.2 Å². The summed E-state index contributed by atoms with van der Waals surface area (Å²) in [6, 6.07) is 0. The number of rotatable bonds is 52. The maximum Gasteiger partial charge on any atom is 0.335 e. The summed E-state index contributed by atoms with van der Waals surface area (Å²) in [5, 5.41) is 31.5. The number of esters is 3. The number of aliphatic hydroxyl groups excluding tert-OH is 2. The minimum absolute atomic E-state index is 0.0602. The van der Waals surface area contributed by atoms with E-state index in [2.05, 4.69) is 69.4 Å². The lowest BCUT2D eigenvalue weighted by Gasteiger charge is -2.40. The van der Waals surface area contributed by atoms with Crippen LogP contribution in [0.5, 0.6) is 0 Å². The Labute approximate surface area is 456 Å². The van der Waals surface area contributed by atoms with Crippen LogP contribution >= 0.6 is 0 Å². The zero-order valence-electron chi connectivity index (χ0n) is 47.8. The van der Waals surface area contributed by atoms with Crippen molar-refractivity contribution in [2.75, 3.05) is 13.2 Å². The van der Waals surface area contributed by atoms with E-state index in [1.807, 2.05) is 0 Å². The second-order valence-electron chi connectivity index (χ2n) is 21.0. The smallest absolute Gasteiger partial charge is 0.335 e. The summed E-state index contributed by atoms with van der Waals surface area (Å²) in [6.07, 6.45) is 49.4. The average Bonchev–Trinajstić information content (AvgIpc) is 3.39. The minimum atomic E-state index is -1.91. The summed E-state index contributed by atoms with van der Waals surface area (Å²) >= 11 is 0. The van der Waals surface area contributed by atoms with Crippen LogP contribution in [0.1, 0.15) is 278 Å².